The zero-order valence-corrected chi connectivity index (χ0v) is 11.5. The van der Waals surface area contributed by atoms with Gasteiger partial charge in [0, 0.05) is 4.90 Å². The fourth-order valence-electron chi connectivity index (χ4n) is 1.45. The smallest absolute Gasteiger partial charge is 0.325 e. The lowest BCUT2D eigenvalue weighted by molar-refractivity contribution is -0.140. The highest BCUT2D eigenvalue weighted by Crippen LogP contribution is 2.22. The summed E-state index contributed by atoms with van der Waals surface area (Å²) < 4.78 is 0. The molecule has 1 aromatic rings. The summed E-state index contributed by atoms with van der Waals surface area (Å²) in [7, 11) is 0. The molecule has 0 unspecified atom stereocenters. The van der Waals surface area contributed by atoms with Gasteiger partial charge in [0.15, 0.2) is 0 Å². The van der Waals surface area contributed by atoms with Gasteiger partial charge in [-0.1, -0.05) is 17.7 Å². The first-order chi connectivity index (χ1) is 8.40. The molecule has 0 saturated heterocycles. The second kappa shape index (κ2) is 6.44. The maximum absolute atomic E-state index is 11.5. The Morgan fingerprint density at radius 3 is 2.61 bits per heavy atom. The Bertz CT molecular complexity index is 460. The first kappa shape index (κ1) is 14.6. The van der Waals surface area contributed by atoms with Crippen LogP contribution in [-0.4, -0.2) is 28.8 Å². The molecule has 98 valence electrons. The van der Waals surface area contributed by atoms with Crippen molar-refractivity contribution in [2.45, 2.75) is 31.7 Å². The van der Waals surface area contributed by atoms with E-state index in [1.165, 1.54) is 24.2 Å². The van der Waals surface area contributed by atoms with Crippen LogP contribution in [0.2, 0.25) is 0 Å². The lowest BCUT2D eigenvalue weighted by Crippen LogP contribution is -2.39. The minimum atomic E-state index is -1.03. The number of carboxylic acids is 1. The number of aliphatic carboxylic acids is 1. The first-order valence-corrected chi connectivity index (χ1v) is 6.61. The Morgan fingerprint density at radius 2 is 2.06 bits per heavy atom. The molecule has 0 bridgehead atoms. The molecular formula is C13H17NO3S. The van der Waals surface area contributed by atoms with Gasteiger partial charge in [0.1, 0.15) is 6.04 Å². The Kier molecular flexibility index (Phi) is 5.22. The maximum atomic E-state index is 11.5. The molecule has 5 heteroatoms. The molecule has 2 N–H and O–H groups in total. The van der Waals surface area contributed by atoms with Gasteiger partial charge < -0.3 is 10.4 Å². The third kappa shape index (κ3) is 4.41. The third-order valence-corrected chi connectivity index (χ3v) is 3.61. The number of amides is 1. The van der Waals surface area contributed by atoms with Gasteiger partial charge >= 0.3 is 5.97 Å². The fourth-order valence-corrected chi connectivity index (χ4v) is 2.27. The number of hydrogen-bond acceptors (Lipinski definition) is 3. The van der Waals surface area contributed by atoms with E-state index in [1.54, 1.807) is 0 Å². The van der Waals surface area contributed by atoms with E-state index in [0.29, 0.717) is 0 Å². The van der Waals surface area contributed by atoms with Gasteiger partial charge in [-0.25, -0.2) is 0 Å². The van der Waals surface area contributed by atoms with E-state index in [-0.39, 0.29) is 11.7 Å². The maximum Gasteiger partial charge on any atom is 0.325 e. The van der Waals surface area contributed by atoms with Crippen molar-refractivity contribution in [3.63, 3.8) is 0 Å². The van der Waals surface area contributed by atoms with E-state index in [0.717, 1.165) is 10.5 Å². The van der Waals surface area contributed by atoms with Crippen molar-refractivity contribution in [1.82, 2.24) is 5.32 Å². The molecule has 0 aliphatic heterocycles. The number of thioether (sulfide) groups is 1. The molecule has 4 nitrogen and oxygen atoms in total. The van der Waals surface area contributed by atoms with E-state index in [9.17, 15) is 9.59 Å². The number of aryl methyl sites for hydroxylation is 2. The molecule has 0 fully saturated rings. The summed E-state index contributed by atoms with van der Waals surface area (Å²) in [6.07, 6.45) is 0. The summed E-state index contributed by atoms with van der Waals surface area (Å²) in [4.78, 5) is 23.1. The molecule has 0 radical (unpaired) electrons. The highest BCUT2D eigenvalue weighted by Gasteiger charge is 2.14. The monoisotopic (exact) mass is 267 g/mol. The summed E-state index contributed by atoms with van der Waals surface area (Å²) >= 11 is 1.41. The predicted octanol–water partition coefficient (Wildman–Crippen LogP) is 1.98. The van der Waals surface area contributed by atoms with Gasteiger partial charge in [0.2, 0.25) is 5.91 Å². The second-order valence-corrected chi connectivity index (χ2v) is 5.20. The van der Waals surface area contributed by atoms with E-state index >= 15 is 0 Å². The molecule has 0 aromatic heterocycles. The van der Waals surface area contributed by atoms with Crippen molar-refractivity contribution in [2.75, 3.05) is 5.75 Å². The average Bonchev–Trinajstić information content (AvgIpc) is 2.27. The van der Waals surface area contributed by atoms with Crippen molar-refractivity contribution < 1.29 is 14.7 Å². The van der Waals surface area contributed by atoms with Crippen molar-refractivity contribution in [3.05, 3.63) is 29.3 Å². The van der Waals surface area contributed by atoms with Crippen molar-refractivity contribution >= 4 is 23.6 Å². The van der Waals surface area contributed by atoms with Gasteiger partial charge in [-0.15, -0.1) is 11.8 Å². The van der Waals surface area contributed by atoms with Crippen molar-refractivity contribution in [2.24, 2.45) is 0 Å². The minimum Gasteiger partial charge on any atom is -0.480 e. The quantitative estimate of drug-likeness (QED) is 0.801. The zero-order valence-electron chi connectivity index (χ0n) is 10.7. The summed E-state index contributed by atoms with van der Waals surface area (Å²) in [5.41, 5.74) is 2.31. The molecule has 1 amide bonds. The topological polar surface area (TPSA) is 66.4 Å². The number of rotatable bonds is 5. The molecule has 0 spiro atoms. The number of carboxylic acid groups (broad SMARTS) is 1. The van der Waals surface area contributed by atoms with Crippen LogP contribution in [0.5, 0.6) is 0 Å². The van der Waals surface area contributed by atoms with Gasteiger partial charge in [-0.05, 0) is 32.4 Å². The first-order valence-electron chi connectivity index (χ1n) is 5.62. The molecule has 0 heterocycles. The zero-order chi connectivity index (χ0) is 13.7. The Hall–Kier alpha value is -1.49. The highest BCUT2D eigenvalue weighted by atomic mass is 32.2. The number of carbonyl (C=O) groups excluding carboxylic acids is 1. The lowest BCUT2D eigenvalue weighted by Gasteiger charge is -2.10. The van der Waals surface area contributed by atoms with Gasteiger partial charge in [-0.3, -0.25) is 9.59 Å². The van der Waals surface area contributed by atoms with Crippen LogP contribution in [0.4, 0.5) is 0 Å². The molecule has 0 aliphatic rings. The van der Waals surface area contributed by atoms with Crippen molar-refractivity contribution in [3.8, 4) is 0 Å². The molecule has 1 atom stereocenters. The van der Waals surface area contributed by atoms with Crippen LogP contribution in [0.15, 0.2) is 23.1 Å². The fraction of sp³-hybridized carbons (Fsp3) is 0.385. The number of nitrogens with one attached hydrogen (secondary N) is 1. The standard InChI is InChI=1S/C13H17NO3S/c1-8-4-5-11(9(2)6-8)18-7-12(15)14-10(3)13(16)17/h4-6,10H,7H2,1-3H3,(H,14,15)(H,16,17)/t10-/m1/s1. The van der Waals surface area contributed by atoms with Crippen LogP contribution in [0.25, 0.3) is 0 Å². The summed E-state index contributed by atoms with van der Waals surface area (Å²) in [6.45, 7) is 5.46. The SMILES string of the molecule is Cc1ccc(SCC(=O)N[C@H](C)C(=O)O)c(C)c1. The van der Waals surface area contributed by atoms with Gasteiger partial charge in [0.05, 0.1) is 5.75 Å². The summed E-state index contributed by atoms with van der Waals surface area (Å²) in [5, 5.41) is 11.1. The van der Waals surface area contributed by atoms with Gasteiger partial charge in [0.25, 0.3) is 0 Å². The summed E-state index contributed by atoms with van der Waals surface area (Å²) in [5.74, 6) is -1.07. The second-order valence-electron chi connectivity index (χ2n) is 4.19. The summed E-state index contributed by atoms with van der Waals surface area (Å²) in [6, 6.07) is 5.17. The molecule has 0 saturated carbocycles. The largest absolute Gasteiger partial charge is 0.480 e. The molecular weight excluding hydrogens is 250 g/mol. The molecule has 18 heavy (non-hydrogen) atoms. The normalized spacial score (nSPS) is 11.9. The number of hydrogen-bond donors (Lipinski definition) is 2. The van der Waals surface area contributed by atoms with E-state index < -0.39 is 12.0 Å². The van der Waals surface area contributed by atoms with Crippen LogP contribution in [0.3, 0.4) is 0 Å². The number of benzene rings is 1. The van der Waals surface area contributed by atoms with Crippen LogP contribution in [0.1, 0.15) is 18.1 Å². The van der Waals surface area contributed by atoms with Crippen molar-refractivity contribution in [1.29, 1.82) is 0 Å². The van der Waals surface area contributed by atoms with Gasteiger partial charge in [-0.2, -0.15) is 0 Å². The average molecular weight is 267 g/mol. The van der Waals surface area contributed by atoms with E-state index in [4.69, 9.17) is 5.11 Å². The molecule has 1 aromatic carbocycles. The highest BCUT2D eigenvalue weighted by molar-refractivity contribution is 8.00. The molecule has 1 rings (SSSR count). The van der Waals surface area contributed by atoms with Crippen LogP contribution < -0.4 is 5.32 Å². The Balaban J connectivity index is 2.50. The van der Waals surface area contributed by atoms with Crippen LogP contribution in [-0.2, 0) is 9.59 Å². The predicted molar refractivity (Wildman–Crippen MR) is 71.9 cm³/mol. The van der Waals surface area contributed by atoms with E-state index in [1.807, 2.05) is 26.0 Å². The number of carbonyl (C=O) groups is 2. The minimum absolute atomic E-state index is 0.224. The molecule has 0 aliphatic carbocycles. The van der Waals surface area contributed by atoms with Crippen LogP contribution >= 0.6 is 11.8 Å². The Labute approximate surface area is 111 Å². The van der Waals surface area contributed by atoms with Crippen LogP contribution in [0, 0.1) is 13.8 Å². The Morgan fingerprint density at radius 1 is 1.39 bits per heavy atom. The lowest BCUT2D eigenvalue weighted by atomic mass is 10.2. The third-order valence-electron chi connectivity index (χ3n) is 2.44. The van der Waals surface area contributed by atoms with E-state index in [2.05, 4.69) is 11.4 Å².